The highest BCUT2D eigenvalue weighted by atomic mass is 127. The van der Waals surface area contributed by atoms with Crippen molar-refractivity contribution in [3.05, 3.63) is 49.1 Å². The first kappa shape index (κ1) is 19.8. The Balaban J connectivity index is 1.90. The molecular weight excluding hydrogens is 548 g/mol. The number of anilines is 1. The molecule has 1 amide bonds. The van der Waals surface area contributed by atoms with Crippen LogP contribution in [0.15, 0.2) is 41.5 Å². The molecule has 2 N–H and O–H groups in total. The van der Waals surface area contributed by atoms with Crippen LogP contribution in [0.4, 0.5) is 5.69 Å². The van der Waals surface area contributed by atoms with E-state index in [9.17, 15) is 4.79 Å². The van der Waals surface area contributed by atoms with Crippen molar-refractivity contribution in [2.24, 2.45) is 5.10 Å². The van der Waals surface area contributed by atoms with Crippen LogP contribution in [0.25, 0.3) is 0 Å². The molecule has 2 rings (SSSR count). The third-order valence-electron chi connectivity index (χ3n) is 3.16. The number of benzene rings is 2. The zero-order valence-electron chi connectivity index (χ0n) is 13.7. The molecule has 132 valence electrons. The third-order valence-corrected chi connectivity index (χ3v) is 4.68. The lowest BCUT2D eigenvalue weighted by Gasteiger charge is -2.10. The molecule has 8 heteroatoms. The molecule has 0 saturated carbocycles. The minimum atomic E-state index is -0.232. The van der Waals surface area contributed by atoms with Gasteiger partial charge in [0.15, 0.2) is 11.5 Å². The summed E-state index contributed by atoms with van der Waals surface area (Å²) in [7, 11) is 3.17. The van der Waals surface area contributed by atoms with Crippen LogP contribution in [0.5, 0.6) is 11.5 Å². The van der Waals surface area contributed by atoms with E-state index in [0.29, 0.717) is 11.5 Å². The van der Waals surface area contributed by atoms with Crippen LogP contribution in [0.2, 0.25) is 0 Å². The summed E-state index contributed by atoms with van der Waals surface area (Å²) in [5.74, 6) is 1.05. The topological polar surface area (TPSA) is 72.0 Å². The Morgan fingerprint density at radius 3 is 2.52 bits per heavy atom. The summed E-state index contributed by atoms with van der Waals surface area (Å²) in [6.07, 6.45) is 1.56. The summed E-state index contributed by atoms with van der Waals surface area (Å²) in [5.41, 5.74) is 4.17. The third kappa shape index (κ3) is 6.03. The van der Waals surface area contributed by atoms with Crippen molar-refractivity contribution in [2.45, 2.75) is 0 Å². The highest BCUT2D eigenvalue weighted by molar-refractivity contribution is 14.1. The monoisotopic (exact) mass is 565 g/mol. The van der Waals surface area contributed by atoms with Crippen molar-refractivity contribution in [3.8, 4) is 11.5 Å². The number of hydrogen-bond acceptors (Lipinski definition) is 5. The van der Waals surface area contributed by atoms with Gasteiger partial charge in [-0.3, -0.25) is 4.79 Å². The maximum atomic E-state index is 11.8. The number of nitrogens with zero attached hydrogens (tertiary/aromatic N) is 1. The van der Waals surface area contributed by atoms with Crippen LogP contribution >= 0.6 is 45.2 Å². The summed E-state index contributed by atoms with van der Waals surface area (Å²) in [5, 5.41) is 7.01. The number of methoxy groups -OCH3 is 2. The van der Waals surface area contributed by atoms with Gasteiger partial charge in [-0.15, -0.1) is 0 Å². The second-order valence-corrected chi connectivity index (χ2v) is 7.30. The van der Waals surface area contributed by atoms with Crippen LogP contribution < -0.4 is 20.2 Å². The summed E-state index contributed by atoms with van der Waals surface area (Å²) in [4.78, 5) is 11.8. The number of nitrogens with one attached hydrogen (secondary N) is 2. The van der Waals surface area contributed by atoms with Gasteiger partial charge in [-0.05, 0) is 87.1 Å². The minimum Gasteiger partial charge on any atom is -0.493 e. The maximum absolute atomic E-state index is 11.8. The molecule has 6 nitrogen and oxygen atoms in total. The van der Waals surface area contributed by atoms with Gasteiger partial charge in [0, 0.05) is 9.26 Å². The van der Waals surface area contributed by atoms with E-state index in [1.54, 1.807) is 26.5 Å². The van der Waals surface area contributed by atoms with E-state index >= 15 is 0 Å². The summed E-state index contributed by atoms with van der Waals surface area (Å²) in [6, 6.07) is 11.5. The lowest BCUT2D eigenvalue weighted by molar-refractivity contribution is -0.119. The van der Waals surface area contributed by atoms with Gasteiger partial charge in [-0.25, -0.2) is 5.43 Å². The van der Waals surface area contributed by atoms with Gasteiger partial charge in [0.05, 0.1) is 30.5 Å². The first-order valence-electron chi connectivity index (χ1n) is 7.26. The maximum Gasteiger partial charge on any atom is 0.259 e. The van der Waals surface area contributed by atoms with E-state index in [2.05, 4.69) is 61.0 Å². The van der Waals surface area contributed by atoms with Gasteiger partial charge in [-0.2, -0.15) is 5.10 Å². The number of amides is 1. The summed E-state index contributed by atoms with van der Waals surface area (Å²) in [6.45, 7) is 0.140. The quantitative estimate of drug-likeness (QED) is 0.307. The number of ether oxygens (including phenoxy) is 2. The fourth-order valence-corrected chi connectivity index (χ4v) is 3.19. The molecular formula is C17H17I2N3O3. The van der Waals surface area contributed by atoms with E-state index in [4.69, 9.17) is 9.47 Å². The van der Waals surface area contributed by atoms with Crippen molar-refractivity contribution in [1.29, 1.82) is 0 Å². The normalized spacial score (nSPS) is 10.6. The van der Waals surface area contributed by atoms with Crippen molar-refractivity contribution < 1.29 is 14.3 Å². The second kappa shape index (κ2) is 9.80. The van der Waals surface area contributed by atoms with Crippen molar-refractivity contribution in [1.82, 2.24) is 5.43 Å². The molecule has 0 aliphatic carbocycles. The SMILES string of the molecule is COc1cc(/C=N\NC(=O)CNc2ccc(I)cc2)cc(I)c1OC. The first-order chi connectivity index (χ1) is 12.0. The Hall–Kier alpha value is -1.56. The molecule has 0 bridgehead atoms. The number of carbonyl (C=O) groups excluding carboxylic acids is 1. The lowest BCUT2D eigenvalue weighted by Crippen LogP contribution is -2.25. The van der Waals surface area contributed by atoms with Crippen molar-refractivity contribution >= 4 is 63.0 Å². The summed E-state index contributed by atoms with van der Waals surface area (Å²) >= 11 is 4.39. The van der Waals surface area contributed by atoms with E-state index in [1.807, 2.05) is 30.3 Å². The molecule has 2 aromatic carbocycles. The van der Waals surface area contributed by atoms with Gasteiger partial charge >= 0.3 is 0 Å². The highest BCUT2D eigenvalue weighted by Crippen LogP contribution is 2.32. The molecule has 2 aromatic rings. The number of rotatable bonds is 7. The van der Waals surface area contributed by atoms with Crippen LogP contribution in [0.3, 0.4) is 0 Å². The first-order valence-corrected chi connectivity index (χ1v) is 9.42. The second-order valence-electron chi connectivity index (χ2n) is 4.89. The number of carbonyl (C=O) groups is 1. The molecule has 0 spiro atoms. The predicted octanol–water partition coefficient (Wildman–Crippen LogP) is 3.48. The Labute approximate surface area is 173 Å². The molecule has 0 heterocycles. The average molecular weight is 565 g/mol. The largest absolute Gasteiger partial charge is 0.493 e. The van der Waals surface area contributed by atoms with Crippen molar-refractivity contribution in [2.75, 3.05) is 26.1 Å². The van der Waals surface area contributed by atoms with Crippen molar-refractivity contribution in [3.63, 3.8) is 0 Å². The predicted molar refractivity (Wildman–Crippen MR) is 116 cm³/mol. The molecule has 0 aliphatic rings. The Bertz CT molecular complexity index is 764. The van der Waals surface area contributed by atoms with E-state index in [0.717, 1.165) is 18.4 Å². The Morgan fingerprint density at radius 2 is 1.88 bits per heavy atom. The van der Waals surface area contributed by atoms with Crippen LogP contribution in [-0.2, 0) is 4.79 Å². The van der Waals surface area contributed by atoms with Gasteiger partial charge in [0.2, 0.25) is 0 Å². The standard InChI is InChI=1S/C17H17I2N3O3/c1-24-15-8-11(7-14(19)17(15)25-2)9-21-22-16(23)10-20-13-5-3-12(18)4-6-13/h3-9,20H,10H2,1-2H3,(H,22,23)/b21-9-. The lowest BCUT2D eigenvalue weighted by atomic mass is 10.2. The van der Waals surface area contributed by atoms with Gasteiger partial charge < -0.3 is 14.8 Å². The van der Waals surface area contributed by atoms with Crippen LogP contribution in [-0.4, -0.2) is 32.9 Å². The van der Waals surface area contributed by atoms with E-state index in [-0.39, 0.29) is 12.5 Å². The van der Waals surface area contributed by atoms with Crippen LogP contribution in [0.1, 0.15) is 5.56 Å². The zero-order chi connectivity index (χ0) is 18.2. The minimum absolute atomic E-state index is 0.140. The average Bonchev–Trinajstić information content (AvgIpc) is 2.60. The molecule has 0 fully saturated rings. The molecule has 0 saturated heterocycles. The van der Waals surface area contributed by atoms with Gasteiger partial charge in [0.1, 0.15) is 0 Å². The highest BCUT2D eigenvalue weighted by Gasteiger charge is 2.09. The fraction of sp³-hybridized carbons (Fsp3) is 0.176. The Morgan fingerprint density at radius 1 is 1.16 bits per heavy atom. The fourth-order valence-electron chi connectivity index (χ4n) is 1.98. The molecule has 0 radical (unpaired) electrons. The molecule has 0 atom stereocenters. The Kier molecular flexibility index (Phi) is 7.75. The molecule has 25 heavy (non-hydrogen) atoms. The summed E-state index contributed by atoms with van der Waals surface area (Å²) < 4.78 is 12.6. The molecule has 0 unspecified atom stereocenters. The molecule has 0 aliphatic heterocycles. The number of halogens is 2. The molecule has 0 aromatic heterocycles. The van der Waals surface area contributed by atoms with E-state index < -0.39 is 0 Å². The number of hydrogen-bond donors (Lipinski definition) is 2. The van der Waals surface area contributed by atoms with Crippen LogP contribution in [0, 0.1) is 7.14 Å². The van der Waals surface area contributed by atoms with E-state index in [1.165, 1.54) is 0 Å². The zero-order valence-corrected chi connectivity index (χ0v) is 18.0. The van der Waals surface area contributed by atoms with Gasteiger partial charge in [-0.1, -0.05) is 0 Å². The van der Waals surface area contributed by atoms with Gasteiger partial charge in [0.25, 0.3) is 5.91 Å². The number of hydrazone groups is 1. The smallest absolute Gasteiger partial charge is 0.259 e.